The van der Waals surface area contributed by atoms with Gasteiger partial charge in [0.25, 0.3) is 5.91 Å². The largest absolute Gasteiger partial charge is 0.337 e. The molecule has 0 saturated heterocycles. The van der Waals surface area contributed by atoms with Gasteiger partial charge in [0.2, 0.25) is 0 Å². The Balaban J connectivity index is 1.43. The maximum Gasteiger partial charge on any atom is 0.253 e. The Morgan fingerprint density at radius 3 is 2.66 bits per heavy atom. The fourth-order valence-corrected chi connectivity index (χ4v) is 3.23. The molecule has 8 heteroatoms. The van der Waals surface area contributed by atoms with Gasteiger partial charge < -0.3 is 4.90 Å². The maximum absolute atomic E-state index is 12.8. The van der Waals surface area contributed by atoms with Crippen LogP contribution in [0.2, 0.25) is 0 Å². The number of rotatable bonds is 6. The second kappa shape index (κ2) is 8.05. The third-order valence-corrected chi connectivity index (χ3v) is 4.68. The van der Waals surface area contributed by atoms with Crippen molar-refractivity contribution in [3.8, 4) is 5.69 Å². The molecule has 4 rings (SSSR count). The Morgan fingerprint density at radius 1 is 1.10 bits per heavy atom. The predicted molar refractivity (Wildman–Crippen MR) is 107 cm³/mol. The molecule has 0 unspecified atom stereocenters. The maximum atomic E-state index is 12.8. The smallest absolute Gasteiger partial charge is 0.253 e. The van der Waals surface area contributed by atoms with Crippen molar-refractivity contribution in [2.24, 2.45) is 0 Å². The topological polar surface area (TPSA) is 81.7 Å². The van der Waals surface area contributed by atoms with Gasteiger partial charge in [0, 0.05) is 30.9 Å². The lowest BCUT2D eigenvalue weighted by Crippen LogP contribution is -2.26. The Morgan fingerprint density at radius 2 is 1.93 bits per heavy atom. The number of carbonyl (C=O) groups excluding carboxylic acids is 1. The number of aromatic nitrogens is 6. The molecule has 2 aromatic heterocycles. The lowest BCUT2D eigenvalue weighted by atomic mass is 10.1. The molecule has 2 aromatic carbocycles. The number of nitrogens with zero attached hydrogens (tertiary/aromatic N) is 7. The van der Waals surface area contributed by atoms with Crippen LogP contribution in [-0.4, -0.2) is 47.8 Å². The SMILES string of the molecule is Cc1cc(C(=O)N(C)Cc2cnn(Cc3ccccc3)c2)ccc1-n1cnnn1. The highest BCUT2D eigenvalue weighted by Crippen LogP contribution is 2.16. The molecule has 0 atom stereocenters. The van der Waals surface area contributed by atoms with Gasteiger partial charge in [0.1, 0.15) is 6.33 Å². The van der Waals surface area contributed by atoms with Crippen LogP contribution < -0.4 is 0 Å². The third kappa shape index (κ3) is 4.21. The van der Waals surface area contributed by atoms with Crippen molar-refractivity contribution < 1.29 is 4.79 Å². The van der Waals surface area contributed by atoms with Gasteiger partial charge in [0.15, 0.2) is 0 Å². The van der Waals surface area contributed by atoms with Crippen molar-refractivity contribution in [3.63, 3.8) is 0 Å². The summed E-state index contributed by atoms with van der Waals surface area (Å²) in [6, 6.07) is 15.7. The molecule has 0 aliphatic heterocycles. The fraction of sp³-hybridized carbons (Fsp3) is 0.190. The van der Waals surface area contributed by atoms with E-state index in [2.05, 4.69) is 32.8 Å². The number of benzene rings is 2. The van der Waals surface area contributed by atoms with Crippen LogP contribution in [0.25, 0.3) is 5.69 Å². The van der Waals surface area contributed by atoms with E-state index in [0.717, 1.165) is 16.8 Å². The van der Waals surface area contributed by atoms with Gasteiger partial charge in [-0.3, -0.25) is 9.48 Å². The molecule has 29 heavy (non-hydrogen) atoms. The van der Waals surface area contributed by atoms with Crippen LogP contribution in [0.4, 0.5) is 0 Å². The zero-order valence-corrected chi connectivity index (χ0v) is 16.3. The van der Waals surface area contributed by atoms with E-state index in [1.165, 1.54) is 11.9 Å². The van der Waals surface area contributed by atoms with Crippen molar-refractivity contribution in [2.75, 3.05) is 7.05 Å². The minimum Gasteiger partial charge on any atom is -0.337 e. The summed E-state index contributed by atoms with van der Waals surface area (Å²) < 4.78 is 3.46. The summed E-state index contributed by atoms with van der Waals surface area (Å²) in [5.74, 6) is -0.0489. The lowest BCUT2D eigenvalue weighted by Gasteiger charge is -2.17. The Hall–Kier alpha value is -3.81. The average Bonchev–Trinajstić information content (AvgIpc) is 3.40. The molecule has 4 aromatic rings. The second-order valence-electron chi connectivity index (χ2n) is 6.95. The van der Waals surface area contributed by atoms with Crippen molar-refractivity contribution in [1.82, 2.24) is 34.9 Å². The standard InChI is InChI=1S/C21H21N7O/c1-16-10-19(8-9-20(16)28-15-22-24-25-28)21(29)26(2)12-18-11-23-27(14-18)13-17-6-4-3-5-7-17/h3-11,14-15H,12-13H2,1-2H3. The number of aryl methyl sites for hydroxylation is 1. The van der Waals surface area contributed by atoms with E-state index >= 15 is 0 Å². The quantitative estimate of drug-likeness (QED) is 0.508. The number of amides is 1. The lowest BCUT2D eigenvalue weighted by molar-refractivity contribution is 0.0785. The van der Waals surface area contributed by atoms with E-state index in [1.807, 2.05) is 48.1 Å². The monoisotopic (exact) mass is 387 g/mol. The molecule has 0 radical (unpaired) electrons. The van der Waals surface area contributed by atoms with E-state index in [9.17, 15) is 4.79 Å². The minimum atomic E-state index is -0.0489. The van der Waals surface area contributed by atoms with Crippen molar-refractivity contribution in [2.45, 2.75) is 20.0 Å². The van der Waals surface area contributed by atoms with Gasteiger partial charge in [0.05, 0.1) is 18.4 Å². The molecule has 1 amide bonds. The Kier molecular flexibility index (Phi) is 5.15. The minimum absolute atomic E-state index is 0.0489. The fourth-order valence-electron chi connectivity index (χ4n) is 3.23. The highest BCUT2D eigenvalue weighted by Gasteiger charge is 2.15. The number of hydrogen-bond donors (Lipinski definition) is 0. The number of carbonyl (C=O) groups is 1. The van der Waals surface area contributed by atoms with E-state index in [-0.39, 0.29) is 5.91 Å². The van der Waals surface area contributed by atoms with E-state index in [1.54, 1.807) is 28.9 Å². The third-order valence-electron chi connectivity index (χ3n) is 4.68. The van der Waals surface area contributed by atoms with Crippen LogP contribution in [0.1, 0.15) is 27.0 Å². The molecule has 146 valence electrons. The van der Waals surface area contributed by atoms with Crippen LogP contribution in [0.5, 0.6) is 0 Å². The van der Waals surface area contributed by atoms with Gasteiger partial charge in [-0.15, -0.1) is 5.10 Å². The summed E-state index contributed by atoms with van der Waals surface area (Å²) in [5.41, 5.74) is 4.56. The summed E-state index contributed by atoms with van der Waals surface area (Å²) in [4.78, 5) is 14.5. The predicted octanol–water partition coefficient (Wildman–Crippen LogP) is 2.49. The number of tetrazole rings is 1. The summed E-state index contributed by atoms with van der Waals surface area (Å²) in [5, 5.41) is 15.6. The van der Waals surface area contributed by atoms with Gasteiger partial charge >= 0.3 is 0 Å². The zero-order valence-electron chi connectivity index (χ0n) is 16.3. The molecular formula is C21H21N7O. The van der Waals surface area contributed by atoms with Gasteiger partial charge in [-0.05, 0) is 46.7 Å². The molecule has 0 aliphatic rings. The number of hydrogen-bond acceptors (Lipinski definition) is 5. The normalized spacial score (nSPS) is 10.8. The molecular weight excluding hydrogens is 366 g/mol. The first-order valence-electron chi connectivity index (χ1n) is 9.25. The molecule has 0 bridgehead atoms. The van der Waals surface area contributed by atoms with Crippen molar-refractivity contribution in [3.05, 3.63) is 89.5 Å². The molecule has 8 nitrogen and oxygen atoms in total. The van der Waals surface area contributed by atoms with Crippen molar-refractivity contribution >= 4 is 5.91 Å². The van der Waals surface area contributed by atoms with E-state index < -0.39 is 0 Å². The molecule has 2 heterocycles. The van der Waals surface area contributed by atoms with Crippen molar-refractivity contribution in [1.29, 1.82) is 0 Å². The summed E-state index contributed by atoms with van der Waals surface area (Å²) >= 11 is 0. The molecule has 0 fully saturated rings. The first-order valence-corrected chi connectivity index (χ1v) is 9.25. The van der Waals surface area contributed by atoms with E-state index in [4.69, 9.17) is 0 Å². The second-order valence-corrected chi connectivity index (χ2v) is 6.95. The average molecular weight is 387 g/mol. The molecule has 0 N–H and O–H groups in total. The van der Waals surface area contributed by atoms with E-state index in [0.29, 0.717) is 18.7 Å². The summed E-state index contributed by atoms with van der Waals surface area (Å²) in [6.45, 7) is 3.12. The molecule has 0 aliphatic carbocycles. The first-order chi connectivity index (χ1) is 14.1. The Bertz CT molecular complexity index is 1100. The van der Waals surface area contributed by atoms with Crippen LogP contribution >= 0.6 is 0 Å². The summed E-state index contributed by atoms with van der Waals surface area (Å²) in [7, 11) is 1.79. The first kappa shape index (κ1) is 18.5. The van der Waals surface area contributed by atoms with Crippen LogP contribution in [0, 0.1) is 6.92 Å². The zero-order chi connectivity index (χ0) is 20.2. The van der Waals surface area contributed by atoms with Gasteiger partial charge in [-0.25, -0.2) is 4.68 Å². The van der Waals surface area contributed by atoms with Crippen LogP contribution in [0.15, 0.2) is 67.3 Å². The van der Waals surface area contributed by atoms with Gasteiger partial charge in [-0.2, -0.15) is 5.10 Å². The van der Waals surface area contributed by atoms with Crippen LogP contribution in [-0.2, 0) is 13.1 Å². The summed E-state index contributed by atoms with van der Waals surface area (Å²) in [6.07, 6.45) is 5.31. The molecule has 0 spiro atoms. The highest BCUT2D eigenvalue weighted by atomic mass is 16.2. The van der Waals surface area contributed by atoms with Crippen LogP contribution in [0.3, 0.4) is 0 Å². The Labute approximate surface area is 168 Å². The van der Waals surface area contributed by atoms with Gasteiger partial charge in [-0.1, -0.05) is 30.3 Å². The highest BCUT2D eigenvalue weighted by molar-refractivity contribution is 5.94. The molecule has 0 saturated carbocycles.